The van der Waals surface area contributed by atoms with Crippen LogP contribution < -0.4 is 5.73 Å². The minimum Gasteiger partial charge on any atom is -0.399 e. The Kier molecular flexibility index (Phi) is 19.7. The maximum atomic E-state index is 13.5. The summed E-state index contributed by atoms with van der Waals surface area (Å²) in [6, 6.07) is 6.49. The molecule has 1 atom stereocenters. The lowest BCUT2D eigenvalue weighted by Crippen LogP contribution is -2.35. The lowest BCUT2D eigenvalue weighted by Gasteiger charge is -2.41. The zero-order valence-corrected chi connectivity index (χ0v) is 29.9. The van der Waals surface area contributed by atoms with E-state index in [1.165, 1.54) is 80.2 Å². The first-order valence-corrected chi connectivity index (χ1v) is 17.7. The van der Waals surface area contributed by atoms with Gasteiger partial charge in [0.05, 0.1) is 6.04 Å². The second-order valence-electron chi connectivity index (χ2n) is 13.0. The van der Waals surface area contributed by atoms with Crippen LogP contribution in [0.3, 0.4) is 0 Å². The topological polar surface area (TPSA) is 29.3 Å². The number of fused-ring (bicyclic) bond motifs is 1. The molecule has 1 aliphatic heterocycles. The smallest absolute Gasteiger partial charge is 0.100 e. The van der Waals surface area contributed by atoms with E-state index < -0.39 is 0 Å². The molecular weight excluding hydrogens is 548 g/mol. The van der Waals surface area contributed by atoms with E-state index in [2.05, 4.69) is 103 Å². The highest BCUT2D eigenvalue weighted by molar-refractivity contribution is 7.82. The predicted octanol–water partition coefficient (Wildman–Crippen LogP) is 12.5. The summed E-state index contributed by atoms with van der Waals surface area (Å²) in [5.74, 6) is 1.01. The SMILES string of the molecule is C/C=C(\C=C/C(C)(C)S)CC1c2ccc(N)cc2CCN1C1=CC=C(F)CC1.CC1CCCCC1.CCC.CCCCC. The highest BCUT2D eigenvalue weighted by Gasteiger charge is 2.29. The molecule has 0 spiro atoms. The number of rotatable bonds is 7. The third-order valence-electron chi connectivity index (χ3n) is 8.08. The third kappa shape index (κ3) is 16.1. The van der Waals surface area contributed by atoms with E-state index in [0.29, 0.717) is 6.42 Å². The molecule has 244 valence electrons. The number of hydrogen-bond donors (Lipinski definition) is 2. The van der Waals surface area contributed by atoms with Gasteiger partial charge >= 0.3 is 0 Å². The molecule has 1 saturated carbocycles. The molecule has 0 bridgehead atoms. The van der Waals surface area contributed by atoms with Crippen molar-refractivity contribution < 1.29 is 4.39 Å². The number of unbranched alkanes of at least 4 members (excludes halogenated alkanes) is 2. The van der Waals surface area contributed by atoms with E-state index in [-0.39, 0.29) is 16.6 Å². The molecule has 2 N–H and O–H groups in total. The molecule has 2 nitrogen and oxygen atoms in total. The van der Waals surface area contributed by atoms with Crippen molar-refractivity contribution in [1.82, 2.24) is 4.90 Å². The van der Waals surface area contributed by atoms with Crippen molar-refractivity contribution >= 4 is 18.3 Å². The van der Waals surface area contributed by atoms with Gasteiger partial charge in [0.2, 0.25) is 0 Å². The summed E-state index contributed by atoms with van der Waals surface area (Å²) in [5.41, 5.74) is 12.0. The van der Waals surface area contributed by atoms with Crippen LogP contribution in [-0.2, 0) is 6.42 Å². The van der Waals surface area contributed by atoms with E-state index in [1.54, 1.807) is 6.08 Å². The molecule has 1 aromatic carbocycles. The van der Waals surface area contributed by atoms with Crippen LogP contribution in [0.25, 0.3) is 0 Å². The van der Waals surface area contributed by atoms with Crippen LogP contribution in [0.15, 0.2) is 65.7 Å². The first-order valence-electron chi connectivity index (χ1n) is 17.3. The maximum absolute atomic E-state index is 13.5. The van der Waals surface area contributed by atoms with Crippen LogP contribution in [0.2, 0.25) is 0 Å². The van der Waals surface area contributed by atoms with Gasteiger partial charge in [-0.15, -0.1) is 0 Å². The number of halogens is 1. The van der Waals surface area contributed by atoms with Gasteiger partial charge < -0.3 is 10.6 Å². The number of nitrogens with two attached hydrogens (primary N) is 1. The Hall–Kier alpha value is -1.94. The molecule has 0 saturated heterocycles. The van der Waals surface area contributed by atoms with E-state index in [1.807, 2.05) is 12.1 Å². The van der Waals surface area contributed by atoms with Crippen LogP contribution >= 0.6 is 12.6 Å². The summed E-state index contributed by atoms with van der Waals surface area (Å²) < 4.78 is 13.4. The average Bonchev–Trinajstić information content (AvgIpc) is 2.97. The zero-order valence-electron chi connectivity index (χ0n) is 29.0. The molecule has 0 aromatic heterocycles. The van der Waals surface area contributed by atoms with Gasteiger partial charge in [-0.25, -0.2) is 4.39 Å². The van der Waals surface area contributed by atoms with Gasteiger partial charge in [-0.2, -0.15) is 12.6 Å². The Morgan fingerprint density at radius 3 is 2.14 bits per heavy atom. The predicted molar refractivity (Wildman–Crippen MR) is 195 cm³/mol. The molecule has 3 aliphatic rings. The molecular formula is C39H65FN2S. The lowest BCUT2D eigenvalue weighted by atomic mass is 9.86. The first-order chi connectivity index (χ1) is 20.5. The second kappa shape index (κ2) is 21.7. The average molecular weight is 613 g/mol. The first kappa shape index (κ1) is 39.1. The normalized spacial score (nSPS) is 19.1. The van der Waals surface area contributed by atoms with Crippen molar-refractivity contribution in [2.45, 2.75) is 150 Å². The van der Waals surface area contributed by atoms with Crippen LogP contribution in [0.1, 0.15) is 150 Å². The molecule has 1 fully saturated rings. The zero-order chi connectivity index (χ0) is 32.3. The number of thiol groups is 1. The van der Waals surface area contributed by atoms with Gasteiger partial charge in [0.1, 0.15) is 5.83 Å². The fraction of sp³-hybridized carbons (Fsp3) is 0.641. The number of allylic oxidation sites excluding steroid dienone is 6. The van der Waals surface area contributed by atoms with Crippen LogP contribution in [-0.4, -0.2) is 16.2 Å². The fourth-order valence-corrected chi connectivity index (χ4v) is 5.69. The monoisotopic (exact) mass is 612 g/mol. The number of benzene rings is 1. The Morgan fingerprint density at radius 2 is 1.67 bits per heavy atom. The maximum Gasteiger partial charge on any atom is 0.100 e. The van der Waals surface area contributed by atoms with Gasteiger partial charge in [0.25, 0.3) is 0 Å². The van der Waals surface area contributed by atoms with Crippen molar-refractivity contribution in [2.24, 2.45) is 5.92 Å². The van der Waals surface area contributed by atoms with Crippen LogP contribution in [0, 0.1) is 5.92 Å². The van der Waals surface area contributed by atoms with Crippen LogP contribution in [0.4, 0.5) is 10.1 Å². The summed E-state index contributed by atoms with van der Waals surface area (Å²) in [6.45, 7) is 18.2. The Bertz CT molecular complexity index is 1020. The molecule has 1 aromatic rings. The van der Waals surface area contributed by atoms with E-state index in [0.717, 1.165) is 37.4 Å². The molecule has 2 aliphatic carbocycles. The molecule has 4 rings (SSSR count). The van der Waals surface area contributed by atoms with E-state index in [9.17, 15) is 4.39 Å². The Labute approximate surface area is 271 Å². The third-order valence-corrected chi connectivity index (χ3v) is 8.22. The fourth-order valence-electron chi connectivity index (χ4n) is 5.61. The molecule has 4 heteroatoms. The van der Waals surface area contributed by atoms with Gasteiger partial charge in [-0.05, 0) is 81.4 Å². The van der Waals surface area contributed by atoms with E-state index >= 15 is 0 Å². The van der Waals surface area contributed by atoms with Crippen molar-refractivity contribution in [1.29, 1.82) is 0 Å². The number of anilines is 1. The molecule has 1 heterocycles. The summed E-state index contributed by atoms with van der Waals surface area (Å²) in [5, 5.41) is 0. The summed E-state index contributed by atoms with van der Waals surface area (Å²) in [6.07, 6.45) is 26.0. The van der Waals surface area contributed by atoms with Gasteiger partial charge in [-0.1, -0.05) is 122 Å². The van der Waals surface area contributed by atoms with Crippen molar-refractivity contribution in [2.75, 3.05) is 12.3 Å². The lowest BCUT2D eigenvalue weighted by molar-refractivity contribution is 0.229. The van der Waals surface area contributed by atoms with Crippen LogP contribution in [0.5, 0.6) is 0 Å². The van der Waals surface area contributed by atoms with Gasteiger partial charge in [0, 0.05) is 29.1 Å². The van der Waals surface area contributed by atoms with Gasteiger partial charge in [0.15, 0.2) is 0 Å². The van der Waals surface area contributed by atoms with Crippen molar-refractivity contribution in [3.8, 4) is 0 Å². The number of nitrogen functional groups attached to an aromatic ring is 1. The highest BCUT2D eigenvalue weighted by Crippen LogP contribution is 2.40. The largest absolute Gasteiger partial charge is 0.399 e. The van der Waals surface area contributed by atoms with Crippen molar-refractivity contribution in [3.05, 3.63) is 76.8 Å². The number of hydrogen-bond acceptors (Lipinski definition) is 3. The van der Waals surface area contributed by atoms with E-state index in [4.69, 9.17) is 5.73 Å². The highest BCUT2D eigenvalue weighted by atomic mass is 32.1. The Morgan fingerprint density at radius 1 is 1.02 bits per heavy atom. The Balaban J connectivity index is 0.000000505. The second-order valence-corrected chi connectivity index (χ2v) is 14.2. The minimum atomic E-state index is -0.152. The summed E-state index contributed by atoms with van der Waals surface area (Å²) in [7, 11) is 0. The minimum absolute atomic E-state index is 0.0291. The quantitative estimate of drug-likeness (QED) is 0.182. The summed E-state index contributed by atoms with van der Waals surface area (Å²) >= 11 is 4.61. The molecule has 0 amide bonds. The molecule has 1 unspecified atom stereocenters. The van der Waals surface area contributed by atoms with Crippen molar-refractivity contribution in [3.63, 3.8) is 0 Å². The number of nitrogens with zero attached hydrogens (tertiary/aromatic N) is 1. The summed E-state index contributed by atoms with van der Waals surface area (Å²) in [4.78, 5) is 2.46. The van der Waals surface area contributed by atoms with Gasteiger partial charge in [-0.3, -0.25) is 0 Å². The standard InChI is InChI=1S/C24H31FN2S.C7H14.C5H12.C3H8/c1-4-17(11-13-24(2,3)28)15-23-22-10-7-20(26)16-18(22)12-14-27(23)21-8-5-19(25)6-9-21;1-7-5-3-2-4-6-7;1-3-5-4-2;1-3-2/h4-5,7-8,10-11,13,16,23,28H,6,9,12,14-15,26H2,1-3H3;7H,2-6H2,1H3;3-5H2,1-2H3;3H2,1-2H3/b13-11-,17-4+;;;. The molecule has 43 heavy (non-hydrogen) atoms. The molecule has 0 radical (unpaired) electrons.